The van der Waals surface area contributed by atoms with Crippen LogP contribution in [0.3, 0.4) is 0 Å². The van der Waals surface area contributed by atoms with Gasteiger partial charge in [-0.25, -0.2) is 0 Å². The first kappa shape index (κ1) is 20.8. The molecule has 1 amide bonds. The topological polar surface area (TPSA) is 70.2 Å². The molecular weight excluding hydrogens is 385 g/mol. The van der Waals surface area contributed by atoms with Crippen molar-refractivity contribution >= 4 is 11.7 Å². The monoisotopic (exact) mass is 406 g/mol. The van der Waals surface area contributed by atoms with E-state index in [9.17, 15) is 27.6 Å². The molecule has 1 aromatic heterocycles. The molecule has 1 aliphatic rings. The lowest BCUT2D eigenvalue weighted by Crippen LogP contribution is -2.35. The fourth-order valence-corrected chi connectivity index (χ4v) is 3.54. The molecule has 0 spiro atoms. The molecule has 29 heavy (non-hydrogen) atoms. The summed E-state index contributed by atoms with van der Waals surface area (Å²) < 4.78 is 38.0. The lowest BCUT2D eigenvalue weighted by molar-refractivity contribution is -0.137. The van der Waals surface area contributed by atoms with Gasteiger partial charge in [-0.3, -0.25) is 14.4 Å². The van der Waals surface area contributed by atoms with E-state index in [0.717, 1.165) is 12.1 Å². The zero-order valence-electron chi connectivity index (χ0n) is 16.3. The fraction of sp³-hybridized carbons (Fsp3) is 0.381. The van der Waals surface area contributed by atoms with E-state index in [1.807, 2.05) is 13.8 Å². The van der Waals surface area contributed by atoms with Crippen molar-refractivity contribution in [1.82, 2.24) is 9.88 Å². The Balaban J connectivity index is 1.82. The Hall–Kier alpha value is -2.90. The largest absolute Gasteiger partial charge is 0.416 e. The summed E-state index contributed by atoms with van der Waals surface area (Å²) in [4.78, 5) is 41.5. The number of ketones is 1. The number of aromatic amines is 1. The molecule has 1 N–H and O–H groups in total. The van der Waals surface area contributed by atoms with Gasteiger partial charge in [0.05, 0.1) is 5.56 Å². The van der Waals surface area contributed by atoms with Gasteiger partial charge in [0.2, 0.25) is 0 Å². The third-order valence-electron chi connectivity index (χ3n) is 5.00. The maximum atomic E-state index is 12.7. The molecule has 0 atom stereocenters. The number of hydrogen-bond donors (Lipinski definition) is 1. The van der Waals surface area contributed by atoms with Crippen molar-refractivity contribution in [2.75, 3.05) is 7.05 Å². The van der Waals surface area contributed by atoms with E-state index in [4.69, 9.17) is 0 Å². The van der Waals surface area contributed by atoms with E-state index in [2.05, 4.69) is 4.98 Å². The number of halogens is 3. The molecule has 0 saturated carbocycles. The Bertz CT molecular complexity index is 1020. The van der Waals surface area contributed by atoms with Gasteiger partial charge in [0, 0.05) is 31.3 Å². The number of benzene rings is 1. The Kier molecular flexibility index (Phi) is 5.15. The van der Waals surface area contributed by atoms with Gasteiger partial charge in [0.15, 0.2) is 5.78 Å². The number of H-pyrrole nitrogens is 1. The predicted molar refractivity (Wildman–Crippen MR) is 101 cm³/mol. The van der Waals surface area contributed by atoms with Crippen molar-refractivity contribution in [3.8, 4) is 0 Å². The van der Waals surface area contributed by atoms with Crippen LogP contribution in [0.1, 0.15) is 57.8 Å². The van der Waals surface area contributed by atoms with Crippen LogP contribution in [0.4, 0.5) is 13.2 Å². The first-order valence-corrected chi connectivity index (χ1v) is 9.08. The molecule has 0 aliphatic heterocycles. The molecular formula is C21H21F3N2O3. The number of hydrogen-bond acceptors (Lipinski definition) is 3. The minimum absolute atomic E-state index is 0.0223. The lowest BCUT2D eigenvalue weighted by Gasteiger charge is -2.30. The summed E-state index contributed by atoms with van der Waals surface area (Å²) >= 11 is 0. The standard InChI is InChI=1S/C21H21F3N2O3/c1-20(2)9-16-14(17(27)10-20)8-15(18(28)25-16)19(29)26(3)11-12-4-6-13(7-5-12)21(22,23)24/h4-8H,9-11H2,1-3H3,(H,25,28). The number of rotatable bonds is 3. The van der Waals surface area contributed by atoms with Gasteiger partial charge in [0.1, 0.15) is 5.56 Å². The van der Waals surface area contributed by atoms with Gasteiger partial charge in [-0.05, 0) is 35.6 Å². The van der Waals surface area contributed by atoms with Crippen molar-refractivity contribution < 1.29 is 22.8 Å². The second-order valence-corrected chi connectivity index (χ2v) is 8.20. The number of Topliss-reactive ketones (excluding diaryl/α,β-unsaturated/α-hetero) is 1. The van der Waals surface area contributed by atoms with E-state index < -0.39 is 23.2 Å². The number of alkyl halides is 3. The Morgan fingerprint density at radius 2 is 1.76 bits per heavy atom. The van der Waals surface area contributed by atoms with Gasteiger partial charge in [-0.2, -0.15) is 13.2 Å². The molecule has 5 nitrogen and oxygen atoms in total. The normalized spacial score (nSPS) is 15.7. The van der Waals surface area contributed by atoms with Crippen molar-refractivity contribution in [3.05, 3.63) is 68.6 Å². The van der Waals surface area contributed by atoms with E-state index in [-0.39, 0.29) is 23.3 Å². The van der Waals surface area contributed by atoms with E-state index in [1.54, 1.807) is 0 Å². The van der Waals surface area contributed by atoms with Crippen LogP contribution in [-0.2, 0) is 19.1 Å². The first-order valence-electron chi connectivity index (χ1n) is 9.08. The Morgan fingerprint density at radius 1 is 1.14 bits per heavy atom. The molecule has 1 heterocycles. The van der Waals surface area contributed by atoms with E-state index in [0.29, 0.717) is 29.7 Å². The zero-order chi connectivity index (χ0) is 21.6. The van der Waals surface area contributed by atoms with Crippen LogP contribution in [0, 0.1) is 5.41 Å². The quantitative estimate of drug-likeness (QED) is 0.843. The summed E-state index contributed by atoms with van der Waals surface area (Å²) in [6, 6.07) is 5.79. The maximum absolute atomic E-state index is 12.7. The average Bonchev–Trinajstić information content (AvgIpc) is 2.59. The molecule has 154 valence electrons. The minimum atomic E-state index is -4.43. The second-order valence-electron chi connectivity index (χ2n) is 8.20. The van der Waals surface area contributed by atoms with Gasteiger partial charge < -0.3 is 9.88 Å². The Labute approximate surface area is 165 Å². The smallest absolute Gasteiger partial charge is 0.337 e. The number of nitrogens with one attached hydrogen (secondary N) is 1. The number of fused-ring (bicyclic) bond motifs is 1. The van der Waals surface area contributed by atoms with Crippen LogP contribution in [0.15, 0.2) is 35.1 Å². The number of carbonyl (C=O) groups excluding carboxylic acids is 2. The SMILES string of the molecule is CN(Cc1ccc(C(F)(F)F)cc1)C(=O)c1cc2c([nH]c1=O)CC(C)(C)CC2=O. The molecule has 0 radical (unpaired) electrons. The lowest BCUT2D eigenvalue weighted by atomic mass is 9.75. The zero-order valence-corrected chi connectivity index (χ0v) is 16.3. The van der Waals surface area contributed by atoms with Crippen molar-refractivity contribution in [2.45, 2.75) is 39.4 Å². The summed E-state index contributed by atoms with van der Waals surface area (Å²) in [5, 5.41) is 0. The number of pyridine rings is 1. The van der Waals surface area contributed by atoms with Crippen molar-refractivity contribution in [1.29, 1.82) is 0 Å². The molecule has 2 aromatic rings. The number of aromatic nitrogens is 1. The highest BCUT2D eigenvalue weighted by Crippen LogP contribution is 2.33. The number of amides is 1. The van der Waals surface area contributed by atoms with Crippen molar-refractivity contribution in [3.63, 3.8) is 0 Å². The van der Waals surface area contributed by atoms with Crippen LogP contribution in [0.2, 0.25) is 0 Å². The highest BCUT2D eigenvalue weighted by molar-refractivity contribution is 6.02. The highest BCUT2D eigenvalue weighted by Gasteiger charge is 2.33. The Morgan fingerprint density at radius 3 is 2.34 bits per heavy atom. The van der Waals surface area contributed by atoms with E-state index in [1.165, 1.54) is 30.1 Å². The predicted octanol–water partition coefficient (Wildman–Crippen LogP) is 3.82. The summed E-state index contributed by atoms with van der Waals surface area (Å²) in [5.41, 5.74) is -0.431. The summed E-state index contributed by atoms with van der Waals surface area (Å²) in [6.45, 7) is 3.89. The molecule has 0 saturated heterocycles. The van der Waals surface area contributed by atoms with Crippen molar-refractivity contribution in [2.24, 2.45) is 5.41 Å². The van der Waals surface area contributed by atoms with Gasteiger partial charge in [0.25, 0.3) is 11.5 Å². The van der Waals surface area contributed by atoms with Gasteiger partial charge >= 0.3 is 6.18 Å². The van der Waals surface area contributed by atoms with Crippen LogP contribution >= 0.6 is 0 Å². The van der Waals surface area contributed by atoms with Crippen LogP contribution < -0.4 is 5.56 Å². The molecule has 0 unspecified atom stereocenters. The summed E-state index contributed by atoms with van der Waals surface area (Å²) in [5.74, 6) is -0.737. The van der Waals surface area contributed by atoms with Gasteiger partial charge in [-0.15, -0.1) is 0 Å². The van der Waals surface area contributed by atoms with Crippen LogP contribution in [-0.4, -0.2) is 28.6 Å². The highest BCUT2D eigenvalue weighted by atomic mass is 19.4. The fourth-order valence-electron chi connectivity index (χ4n) is 3.54. The molecule has 8 heteroatoms. The minimum Gasteiger partial charge on any atom is -0.337 e. The second kappa shape index (κ2) is 7.17. The van der Waals surface area contributed by atoms with Crippen LogP contribution in [0.5, 0.6) is 0 Å². The molecule has 1 aromatic carbocycles. The van der Waals surface area contributed by atoms with Gasteiger partial charge in [-0.1, -0.05) is 26.0 Å². The third-order valence-corrected chi connectivity index (χ3v) is 5.00. The number of carbonyl (C=O) groups is 2. The molecule has 3 rings (SSSR count). The summed E-state index contributed by atoms with van der Waals surface area (Å²) in [7, 11) is 1.45. The first-order chi connectivity index (χ1) is 13.4. The third kappa shape index (κ3) is 4.41. The summed E-state index contributed by atoms with van der Waals surface area (Å²) in [6.07, 6.45) is -3.59. The van der Waals surface area contributed by atoms with Crippen LogP contribution in [0.25, 0.3) is 0 Å². The molecule has 0 bridgehead atoms. The van der Waals surface area contributed by atoms with E-state index >= 15 is 0 Å². The average molecular weight is 406 g/mol. The molecule has 0 fully saturated rings. The maximum Gasteiger partial charge on any atom is 0.416 e. The number of nitrogens with zero attached hydrogens (tertiary/aromatic N) is 1. The molecule has 1 aliphatic carbocycles.